The van der Waals surface area contributed by atoms with Crippen LogP contribution in [0.2, 0.25) is 0 Å². The molecule has 1 N–H and O–H groups in total. The normalized spacial score (nSPS) is 14.5. The molecule has 0 bridgehead atoms. The first-order valence-electron chi connectivity index (χ1n) is 16.0. The number of carbonyl (C=O) groups is 2. The lowest BCUT2D eigenvalue weighted by molar-refractivity contribution is -0.142. The first kappa shape index (κ1) is 33.9. The minimum Gasteiger partial charge on any atom is -0.347 e. The molecule has 7 rings (SSSR count). The van der Waals surface area contributed by atoms with E-state index in [9.17, 15) is 27.6 Å². The van der Waals surface area contributed by atoms with Gasteiger partial charge in [-0.25, -0.2) is 14.8 Å². The van der Waals surface area contributed by atoms with Gasteiger partial charge < -0.3 is 10.2 Å². The predicted molar refractivity (Wildman–Crippen MR) is 186 cm³/mol. The highest BCUT2D eigenvalue weighted by atomic mass is 79.9. The van der Waals surface area contributed by atoms with Crippen molar-refractivity contribution in [2.24, 2.45) is 0 Å². The topological polar surface area (TPSA) is 120 Å². The summed E-state index contributed by atoms with van der Waals surface area (Å²) in [5, 5.41) is 7.34. The Morgan fingerprint density at radius 3 is 2.61 bits per heavy atom. The van der Waals surface area contributed by atoms with Gasteiger partial charge in [0.25, 0.3) is 11.8 Å². The van der Waals surface area contributed by atoms with E-state index in [1.54, 1.807) is 41.4 Å². The van der Waals surface area contributed by atoms with E-state index in [0.29, 0.717) is 27.9 Å². The van der Waals surface area contributed by atoms with Gasteiger partial charge in [-0.1, -0.05) is 40.2 Å². The summed E-state index contributed by atoms with van der Waals surface area (Å²) in [5.74, 6) is -0.833. The van der Waals surface area contributed by atoms with E-state index in [1.807, 2.05) is 38.1 Å². The maximum absolute atomic E-state index is 14.3. The van der Waals surface area contributed by atoms with Gasteiger partial charge in [0.05, 0.1) is 29.1 Å². The van der Waals surface area contributed by atoms with Crippen LogP contribution in [0.5, 0.6) is 0 Å². The SMILES string of the molecule is Cc1cc(C(=O)N2Cc3c(C(=O)NCc4ccccc4-c4ccncn4)n(-c4ccc5nn(CC(F)(F)F)cc5c4)c(=O)n3C[C@H]2C)ccc1Br. The molecule has 0 saturated carbocycles. The predicted octanol–water partition coefficient (Wildman–Crippen LogP) is 6.05. The summed E-state index contributed by atoms with van der Waals surface area (Å²) in [6, 6.07) is 18.7. The zero-order chi connectivity index (χ0) is 36.0. The summed E-state index contributed by atoms with van der Waals surface area (Å²) in [4.78, 5) is 52.4. The Kier molecular flexibility index (Phi) is 8.83. The highest BCUT2D eigenvalue weighted by Crippen LogP contribution is 2.28. The zero-order valence-electron chi connectivity index (χ0n) is 27.4. The number of aryl methyl sites for hydroxylation is 1. The molecule has 2 amide bonds. The first-order valence-corrected chi connectivity index (χ1v) is 16.8. The van der Waals surface area contributed by atoms with E-state index in [1.165, 1.54) is 33.8 Å². The molecule has 0 unspecified atom stereocenters. The van der Waals surface area contributed by atoms with Gasteiger partial charge in [-0.3, -0.25) is 23.4 Å². The average molecular weight is 760 g/mol. The second kappa shape index (κ2) is 13.3. The second-order valence-electron chi connectivity index (χ2n) is 12.4. The van der Waals surface area contributed by atoms with Gasteiger partial charge in [-0.15, -0.1) is 0 Å². The Bertz CT molecular complexity index is 2370. The van der Waals surface area contributed by atoms with Gasteiger partial charge >= 0.3 is 11.9 Å². The van der Waals surface area contributed by atoms with Gasteiger partial charge in [0, 0.05) is 52.5 Å². The Labute approximate surface area is 297 Å². The fourth-order valence-electron chi connectivity index (χ4n) is 6.41. The molecule has 0 radical (unpaired) electrons. The van der Waals surface area contributed by atoms with Gasteiger partial charge in [-0.05, 0) is 67.4 Å². The maximum Gasteiger partial charge on any atom is 0.408 e. The molecular weight excluding hydrogens is 729 g/mol. The number of imidazole rings is 1. The van der Waals surface area contributed by atoms with Gasteiger partial charge in [-0.2, -0.15) is 18.3 Å². The van der Waals surface area contributed by atoms with E-state index in [0.717, 1.165) is 25.8 Å². The molecule has 260 valence electrons. The van der Waals surface area contributed by atoms with Crippen LogP contribution < -0.4 is 11.0 Å². The van der Waals surface area contributed by atoms with Gasteiger partial charge in [0.15, 0.2) is 0 Å². The summed E-state index contributed by atoms with van der Waals surface area (Å²) in [5.41, 5.74) is 3.94. The molecular formula is C36H30BrF3N8O3. The zero-order valence-corrected chi connectivity index (χ0v) is 28.9. The van der Waals surface area contributed by atoms with E-state index < -0.39 is 30.4 Å². The number of hydrogen-bond acceptors (Lipinski definition) is 6. The molecule has 1 aliphatic heterocycles. The van der Waals surface area contributed by atoms with Crippen LogP contribution in [0, 0.1) is 6.92 Å². The van der Waals surface area contributed by atoms with Crippen molar-refractivity contribution in [3.63, 3.8) is 0 Å². The number of rotatable bonds is 7. The van der Waals surface area contributed by atoms with Crippen molar-refractivity contribution in [2.75, 3.05) is 0 Å². The first-order chi connectivity index (χ1) is 24.4. The Hall–Kier alpha value is -5.57. The Morgan fingerprint density at radius 2 is 1.86 bits per heavy atom. The minimum atomic E-state index is -4.48. The van der Waals surface area contributed by atoms with Crippen LogP contribution in [-0.2, 0) is 26.2 Å². The summed E-state index contributed by atoms with van der Waals surface area (Å²) in [6.07, 6.45) is -0.170. The second-order valence-corrected chi connectivity index (χ2v) is 13.2. The summed E-state index contributed by atoms with van der Waals surface area (Å²) in [7, 11) is 0. The molecule has 3 aromatic heterocycles. The minimum absolute atomic E-state index is 0.0123. The average Bonchev–Trinajstić information content (AvgIpc) is 3.63. The molecule has 0 aliphatic carbocycles. The molecule has 3 aromatic carbocycles. The molecule has 15 heteroatoms. The highest BCUT2D eigenvalue weighted by molar-refractivity contribution is 9.10. The summed E-state index contributed by atoms with van der Waals surface area (Å²) < 4.78 is 43.8. The van der Waals surface area contributed by atoms with Crippen molar-refractivity contribution in [1.82, 2.24) is 39.1 Å². The van der Waals surface area contributed by atoms with Crippen LogP contribution in [0.1, 0.15) is 44.6 Å². The number of alkyl halides is 3. The molecule has 51 heavy (non-hydrogen) atoms. The van der Waals surface area contributed by atoms with E-state index in [2.05, 4.69) is 36.3 Å². The number of carbonyl (C=O) groups excluding carboxylic acids is 2. The van der Waals surface area contributed by atoms with Crippen LogP contribution in [0.4, 0.5) is 13.2 Å². The smallest absolute Gasteiger partial charge is 0.347 e. The Morgan fingerprint density at radius 1 is 1.06 bits per heavy atom. The van der Waals surface area contributed by atoms with Crippen molar-refractivity contribution in [2.45, 2.75) is 52.2 Å². The molecule has 0 saturated heterocycles. The molecule has 0 fully saturated rings. The van der Waals surface area contributed by atoms with Crippen molar-refractivity contribution in [1.29, 1.82) is 0 Å². The highest BCUT2D eigenvalue weighted by Gasteiger charge is 2.36. The quantitative estimate of drug-likeness (QED) is 0.212. The van der Waals surface area contributed by atoms with E-state index >= 15 is 0 Å². The van der Waals surface area contributed by atoms with Crippen molar-refractivity contribution in [3.05, 3.63) is 128 Å². The largest absolute Gasteiger partial charge is 0.408 e. The molecule has 0 spiro atoms. The van der Waals surface area contributed by atoms with Crippen molar-refractivity contribution < 1.29 is 22.8 Å². The number of hydrogen-bond donors (Lipinski definition) is 1. The Balaban J connectivity index is 1.30. The number of halogens is 4. The van der Waals surface area contributed by atoms with Crippen LogP contribution in [0.15, 0.2) is 94.7 Å². The van der Waals surface area contributed by atoms with E-state index in [4.69, 9.17) is 0 Å². The monoisotopic (exact) mass is 758 g/mol. The van der Waals surface area contributed by atoms with Crippen LogP contribution in [-0.4, -0.2) is 57.8 Å². The third kappa shape index (κ3) is 6.68. The standard InChI is InChI=1S/C36H30BrF3N8O3/c1-21-13-23(7-9-28(21)37)34(50)46-18-31-32(33(49)42-15-24-5-3-4-6-27(24)30-11-12-41-20-43-30)48(35(51)47(31)16-22(46)2)26-8-10-29-25(14-26)17-45(44-29)19-36(38,39)40/h3-14,17,20,22H,15-16,18-19H2,1-2H3,(H,42,49)/t22-/m1/s1. The number of amides is 2. The molecule has 1 aliphatic rings. The van der Waals surface area contributed by atoms with Crippen LogP contribution in [0.3, 0.4) is 0 Å². The van der Waals surface area contributed by atoms with Gasteiger partial charge in [0.2, 0.25) is 0 Å². The molecule has 1 atom stereocenters. The third-order valence-electron chi connectivity index (χ3n) is 8.87. The summed E-state index contributed by atoms with van der Waals surface area (Å²) in [6.45, 7) is 2.60. The molecule has 4 heterocycles. The van der Waals surface area contributed by atoms with Gasteiger partial charge in [0.1, 0.15) is 18.6 Å². The maximum atomic E-state index is 14.3. The van der Waals surface area contributed by atoms with Crippen LogP contribution >= 0.6 is 15.9 Å². The molecule has 11 nitrogen and oxygen atoms in total. The lowest BCUT2D eigenvalue weighted by Crippen LogP contribution is -2.47. The van der Waals surface area contributed by atoms with Crippen molar-refractivity contribution in [3.8, 4) is 16.9 Å². The third-order valence-corrected chi connectivity index (χ3v) is 9.76. The lowest BCUT2D eigenvalue weighted by Gasteiger charge is -2.34. The van der Waals surface area contributed by atoms with Crippen LogP contribution in [0.25, 0.3) is 27.8 Å². The lowest BCUT2D eigenvalue weighted by atomic mass is 10.0. The number of aromatic nitrogens is 6. The van der Waals surface area contributed by atoms with E-state index in [-0.39, 0.29) is 36.9 Å². The van der Waals surface area contributed by atoms with Crippen molar-refractivity contribution >= 4 is 38.6 Å². The number of benzene rings is 3. The number of fused-ring (bicyclic) bond motifs is 2. The fourth-order valence-corrected chi connectivity index (χ4v) is 6.65. The number of nitrogens with one attached hydrogen (secondary N) is 1. The molecule has 6 aromatic rings. The fraction of sp³-hybridized carbons (Fsp3) is 0.222. The summed E-state index contributed by atoms with van der Waals surface area (Å²) >= 11 is 3.47. The number of nitrogens with zero attached hydrogens (tertiary/aromatic N) is 7.